The normalized spacial score (nSPS) is 14.9. The number of benzene rings is 2. The van der Waals surface area contributed by atoms with Crippen LogP contribution in [0, 0.1) is 0 Å². The van der Waals surface area contributed by atoms with Crippen LogP contribution in [-0.4, -0.2) is 20.8 Å². The molecule has 1 aliphatic carbocycles. The summed E-state index contributed by atoms with van der Waals surface area (Å²) in [6.45, 7) is 0. The second-order valence-corrected chi connectivity index (χ2v) is 7.32. The molecule has 1 saturated carbocycles. The van der Waals surface area contributed by atoms with Crippen molar-refractivity contribution < 1.29 is 0 Å². The Labute approximate surface area is 163 Å². The fourth-order valence-electron chi connectivity index (χ4n) is 3.52. The molecule has 4 rings (SSSR count). The van der Waals surface area contributed by atoms with Crippen LogP contribution in [0.3, 0.4) is 0 Å². The molecule has 27 heavy (non-hydrogen) atoms. The topological polar surface area (TPSA) is 59.8 Å². The van der Waals surface area contributed by atoms with Crippen molar-refractivity contribution in [3.05, 3.63) is 65.1 Å². The van der Waals surface area contributed by atoms with Gasteiger partial charge in [-0.1, -0.05) is 55.7 Å². The van der Waals surface area contributed by atoms with Crippen LogP contribution in [-0.2, 0) is 0 Å². The fraction of sp³-hybridized carbons (Fsp3) is 0.286. The Morgan fingerprint density at radius 2 is 1.67 bits per heavy atom. The van der Waals surface area contributed by atoms with Crippen molar-refractivity contribution in [3.63, 3.8) is 0 Å². The van der Waals surface area contributed by atoms with Gasteiger partial charge in [0, 0.05) is 16.5 Å². The van der Waals surface area contributed by atoms with Gasteiger partial charge in [-0.05, 0) is 31.0 Å². The van der Waals surface area contributed by atoms with Crippen molar-refractivity contribution >= 4 is 18.4 Å². The van der Waals surface area contributed by atoms with E-state index >= 15 is 0 Å². The first-order chi connectivity index (χ1) is 13.2. The Balaban J connectivity index is 1.83. The van der Waals surface area contributed by atoms with Gasteiger partial charge in [0.15, 0.2) is 5.82 Å². The molecular weight excluding hydrogens is 356 g/mol. The first-order valence-electron chi connectivity index (χ1n) is 9.34. The molecule has 5 nitrogen and oxygen atoms in total. The van der Waals surface area contributed by atoms with Crippen LogP contribution in [0.2, 0.25) is 0 Å². The summed E-state index contributed by atoms with van der Waals surface area (Å²) in [5.41, 5.74) is 1.81. The number of nitrogens with zero attached hydrogens (tertiary/aromatic N) is 3. The molecule has 0 amide bonds. The smallest absolute Gasteiger partial charge is 0.365 e. The third-order valence-electron chi connectivity index (χ3n) is 4.92. The van der Waals surface area contributed by atoms with E-state index in [1.807, 2.05) is 54.6 Å². The van der Waals surface area contributed by atoms with E-state index < -0.39 is 0 Å². The van der Waals surface area contributed by atoms with E-state index in [9.17, 15) is 4.79 Å². The number of hydrogen-bond acceptors (Lipinski definition) is 5. The molecule has 2 aromatic carbocycles. The Morgan fingerprint density at radius 3 is 2.41 bits per heavy atom. The summed E-state index contributed by atoms with van der Waals surface area (Å²) in [7, 11) is 0. The third-order valence-corrected chi connectivity index (χ3v) is 5.31. The Morgan fingerprint density at radius 1 is 0.963 bits per heavy atom. The average molecular weight is 379 g/mol. The number of hydrogen-bond donors (Lipinski definition) is 2. The minimum atomic E-state index is -0.389. The van der Waals surface area contributed by atoms with E-state index in [1.165, 1.54) is 23.9 Å². The highest BCUT2D eigenvalue weighted by molar-refractivity contribution is 7.80. The van der Waals surface area contributed by atoms with Crippen molar-refractivity contribution in [2.24, 2.45) is 0 Å². The molecule has 0 unspecified atom stereocenters. The van der Waals surface area contributed by atoms with Gasteiger partial charge in [0.25, 0.3) is 0 Å². The molecule has 1 N–H and O–H groups in total. The van der Waals surface area contributed by atoms with E-state index in [2.05, 4.69) is 28.0 Å². The van der Waals surface area contributed by atoms with Crippen molar-refractivity contribution in [2.45, 2.75) is 43.0 Å². The summed E-state index contributed by atoms with van der Waals surface area (Å²) in [5.74, 6) is 0.542. The van der Waals surface area contributed by atoms with E-state index in [0.717, 1.165) is 23.3 Å². The second kappa shape index (κ2) is 7.96. The quantitative estimate of drug-likeness (QED) is 0.664. The van der Waals surface area contributed by atoms with Crippen LogP contribution in [0.5, 0.6) is 0 Å². The van der Waals surface area contributed by atoms with Gasteiger partial charge < -0.3 is 5.32 Å². The van der Waals surface area contributed by atoms with E-state index in [4.69, 9.17) is 0 Å². The lowest BCUT2D eigenvalue weighted by molar-refractivity contribution is 0.461. The number of anilines is 1. The first-order valence-corrected chi connectivity index (χ1v) is 9.79. The van der Waals surface area contributed by atoms with Crippen LogP contribution in [0.4, 0.5) is 5.82 Å². The highest BCUT2D eigenvalue weighted by atomic mass is 32.1. The molecule has 1 aliphatic rings. The minimum absolute atomic E-state index is 0.325. The first kappa shape index (κ1) is 17.8. The largest absolute Gasteiger partial charge is 0.370 e. The van der Waals surface area contributed by atoms with Gasteiger partial charge in [-0.3, -0.25) is 0 Å². The lowest BCUT2D eigenvalue weighted by Gasteiger charge is -2.24. The van der Waals surface area contributed by atoms with Crippen LogP contribution < -0.4 is 11.0 Å². The van der Waals surface area contributed by atoms with E-state index in [1.54, 1.807) is 0 Å². The van der Waals surface area contributed by atoms with Gasteiger partial charge in [-0.2, -0.15) is 14.8 Å². The highest BCUT2D eigenvalue weighted by Crippen LogP contribution is 2.30. The monoisotopic (exact) mass is 378 g/mol. The summed E-state index contributed by atoms with van der Waals surface area (Å²) >= 11 is 4.59. The number of nitrogens with one attached hydrogen (secondary N) is 1. The Kier molecular flexibility index (Phi) is 5.25. The molecule has 0 bridgehead atoms. The number of rotatable bonds is 4. The summed E-state index contributed by atoms with van der Waals surface area (Å²) in [6.07, 6.45) is 5.85. The van der Waals surface area contributed by atoms with Gasteiger partial charge in [-0.25, -0.2) is 4.79 Å². The maximum absolute atomic E-state index is 12.7. The molecule has 3 aromatic rings. The summed E-state index contributed by atoms with van der Waals surface area (Å²) in [4.78, 5) is 17.8. The molecule has 6 heteroatoms. The van der Waals surface area contributed by atoms with Crippen molar-refractivity contribution in [2.75, 3.05) is 5.32 Å². The van der Waals surface area contributed by atoms with Crippen molar-refractivity contribution in [1.82, 2.24) is 14.8 Å². The molecule has 0 radical (unpaired) electrons. The molecule has 0 saturated heterocycles. The van der Waals surface area contributed by atoms with Crippen molar-refractivity contribution in [3.8, 4) is 16.9 Å². The predicted molar refractivity (Wildman–Crippen MR) is 111 cm³/mol. The number of thiol groups is 1. The van der Waals surface area contributed by atoms with Crippen LogP contribution in [0.1, 0.15) is 32.1 Å². The summed E-state index contributed by atoms with van der Waals surface area (Å²) in [5, 5.41) is 8.14. The molecule has 0 aliphatic heterocycles. The lowest BCUT2D eigenvalue weighted by atomic mass is 9.95. The van der Waals surface area contributed by atoms with Crippen LogP contribution in [0.15, 0.2) is 64.3 Å². The molecule has 1 heterocycles. The molecule has 0 spiro atoms. The van der Waals surface area contributed by atoms with Crippen LogP contribution in [0.25, 0.3) is 16.9 Å². The molecule has 0 atom stereocenters. The van der Waals surface area contributed by atoms with Gasteiger partial charge in [0.2, 0.25) is 0 Å². The van der Waals surface area contributed by atoms with Crippen LogP contribution >= 0.6 is 12.6 Å². The Hall–Kier alpha value is -2.60. The standard InChI is InChI=1S/C21H22N4OS/c26-21-23-20(22-15-9-3-1-4-10-15)19(17-13-7-8-14-18(17)27)24-25(21)16-11-5-2-6-12-16/h2,5-8,11-15,27H,1,3-4,9-10H2,(H,22,23,26). The van der Waals surface area contributed by atoms with Gasteiger partial charge in [0.05, 0.1) is 5.69 Å². The zero-order valence-electron chi connectivity index (χ0n) is 15.0. The fourth-order valence-corrected chi connectivity index (χ4v) is 3.79. The maximum atomic E-state index is 12.7. The Bertz CT molecular complexity index is 981. The molecule has 1 aromatic heterocycles. The molecule has 138 valence electrons. The van der Waals surface area contributed by atoms with E-state index in [0.29, 0.717) is 23.2 Å². The highest BCUT2D eigenvalue weighted by Gasteiger charge is 2.20. The summed E-state index contributed by atoms with van der Waals surface area (Å²) in [6, 6.07) is 17.4. The molecular formula is C21H22N4OS. The predicted octanol–water partition coefficient (Wildman–Crippen LogP) is 4.33. The number of para-hydroxylation sites is 1. The van der Waals surface area contributed by atoms with Gasteiger partial charge in [-0.15, -0.1) is 12.6 Å². The third kappa shape index (κ3) is 3.90. The van der Waals surface area contributed by atoms with E-state index in [-0.39, 0.29) is 5.69 Å². The lowest BCUT2D eigenvalue weighted by Crippen LogP contribution is -2.30. The SMILES string of the molecule is O=c1nc(NC2CCCCC2)c(-c2ccccc2S)nn1-c1ccccc1. The number of aromatic nitrogens is 3. The molecule has 1 fully saturated rings. The summed E-state index contributed by atoms with van der Waals surface area (Å²) < 4.78 is 1.35. The minimum Gasteiger partial charge on any atom is -0.365 e. The average Bonchev–Trinajstić information content (AvgIpc) is 2.70. The second-order valence-electron chi connectivity index (χ2n) is 6.84. The zero-order chi connectivity index (χ0) is 18.6. The van der Waals surface area contributed by atoms with Crippen molar-refractivity contribution in [1.29, 1.82) is 0 Å². The van der Waals surface area contributed by atoms with Gasteiger partial charge in [0.1, 0.15) is 5.69 Å². The van der Waals surface area contributed by atoms with Gasteiger partial charge >= 0.3 is 5.69 Å². The maximum Gasteiger partial charge on any atom is 0.370 e. The zero-order valence-corrected chi connectivity index (χ0v) is 15.9.